The lowest BCUT2D eigenvalue weighted by molar-refractivity contribution is 0.196. The zero-order valence-electron chi connectivity index (χ0n) is 18.8. The third kappa shape index (κ3) is 4.30. The third-order valence-electron chi connectivity index (χ3n) is 7.23. The van der Waals surface area contributed by atoms with Crippen LogP contribution in [0.4, 0.5) is 22.0 Å². The summed E-state index contributed by atoms with van der Waals surface area (Å²) >= 11 is 0. The van der Waals surface area contributed by atoms with Crippen molar-refractivity contribution in [2.24, 2.45) is 11.8 Å². The van der Waals surface area contributed by atoms with E-state index in [1.54, 1.807) is 31.2 Å². The van der Waals surface area contributed by atoms with E-state index in [1.165, 1.54) is 6.07 Å². The van der Waals surface area contributed by atoms with Crippen LogP contribution in [0.3, 0.4) is 0 Å². The first-order valence-corrected chi connectivity index (χ1v) is 11.6. The van der Waals surface area contributed by atoms with Crippen molar-refractivity contribution in [2.75, 3.05) is 0 Å². The summed E-state index contributed by atoms with van der Waals surface area (Å²) in [5.41, 5.74) is -0.880. The molecule has 0 spiro atoms. The lowest BCUT2D eigenvalue weighted by Crippen LogP contribution is -2.26. The van der Waals surface area contributed by atoms with Gasteiger partial charge in [0.2, 0.25) is 0 Å². The van der Waals surface area contributed by atoms with Crippen LogP contribution in [0.25, 0.3) is 22.3 Å². The Morgan fingerprint density at radius 3 is 2.03 bits per heavy atom. The van der Waals surface area contributed by atoms with Crippen LogP contribution in [0.15, 0.2) is 48.5 Å². The fourth-order valence-electron chi connectivity index (χ4n) is 5.43. The molecule has 3 aromatic carbocycles. The molecule has 0 amide bonds. The van der Waals surface area contributed by atoms with Crippen molar-refractivity contribution in [3.05, 3.63) is 83.2 Å². The van der Waals surface area contributed by atoms with Gasteiger partial charge >= 0.3 is 0 Å². The number of rotatable bonds is 5. The molecule has 1 fully saturated rings. The van der Waals surface area contributed by atoms with Gasteiger partial charge in [0.15, 0.2) is 23.3 Å². The predicted octanol–water partition coefficient (Wildman–Crippen LogP) is 9.04. The average Bonchev–Trinajstić information content (AvgIpc) is 2.84. The van der Waals surface area contributed by atoms with Crippen LogP contribution in [-0.2, 0) is 0 Å². The summed E-state index contributed by atoms with van der Waals surface area (Å²) in [4.78, 5) is 0. The molecule has 0 nitrogen and oxygen atoms in total. The molecule has 3 aromatic rings. The van der Waals surface area contributed by atoms with Crippen molar-refractivity contribution in [2.45, 2.75) is 51.9 Å². The maximum atomic E-state index is 15.2. The highest BCUT2D eigenvalue weighted by molar-refractivity contribution is 5.72. The highest BCUT2D eigenvalue weighted by Crippen LogP contribution is 2.45. The molecule has 0 bridgehead atoms. The molecular weight excluding hydrogens is 431 g/mol. The van der Waals surface area contributed by atoms with Crippen LogP contribution in [-0.4, -0.2) is 0 Å². The van der Waals surface area contributed by atoms with Gasteiger partial charge in [-0.05, 0) is 41.4 Å². The highest BCUT2D eigenvalue weighted by Gasteiger charge is 2.36. The van der Waals surface area contributed by atoms with E-state index in [1.807, 2.05) is 13.0 Å². The van der Waals surface area contributed by atoms with Gasteiger partial charge in [0, 0.05) is 11.1 Å². The Labute approximate surface area is 191 Å². The number of benzene rings is 3. The van der Waals surface area contributed by atoms with Crippen LogP contribution < -0.4 is 0 Å². The zero-order valence-corrected chi connectivity index (χ0v) is 18.8. The minimum atomic E-state index is -1.55. The standard InChI is InChI=1S/C28H27F5/c1-3-17-9-7-8-12-20(17)16(2)23-25(30)27(32)24(28(33)26(23)31)21-14-13-19(15-22(21)29)18-10-5-4-6-11-18/h4-6,10-11,13-17,20H,3,7-9,12H2,1-2H3. The van der Waals surface area contributed by atoms with Gasteiger partial charge in [-0.25, -0.2) is 22.0 Å². The molecule has 0 radical (unpaired) electrons. The molecular formula is C28H27F5. The quantitative estimate of drug-likeness (QED) is 0.264. The first-order valence-electron chi connectivity index (χ1n) is 11.6. The number of hydrogen-bond acceptors (Lipinski definition) is 0. The Morgan fingerprint density at radius 2 is 1.42 bits per heavy atom. The van der Waals surface area contributed by atoms with E-state index in [2.05, 4.69) is 0 Å². The molecule has 1 saturated carbocycles. The fourth-order valence-corrected chi connectivity index (χ4v) is 5.43. The summed E-state index contributed by atoms with van der Waals surface area (Å²) in [6, 6.07) is 12.6. The smallest absolute Gasteiger partial charge is 0.170 e. The van der Waals surface area contributed by atoms with Gasteiger partial charge in [-0.1, -0.05) is 82.0 Å². The van der Waals surface area contributed by atoms with Gasteiger partial charge < -0.3 is 0 Å². The summed E-state index contributed by atoms with van der Waals surface area (Å²) in [6.07, 6.45) is 4.53. The normalized spacial score (nSPS) is 19.5. The molecule has 33 heavy (non-hydrogen) atoms. The van der Waals surface area contributed by atoms with E-state index in [0.717, 1.165) is 44.2 Å². The van der Waals surface area contributed by atoms with Gasteiger partial charge in [-0.3, -0.25) is 0 Å². The van der Waals surface area contributed by atoms with Crippen molar-refractivity contribution >= 4 is 0 Å². The van der Waals surface area contributed by atoms with Crippen LogP contribution >= 0.6 is 0 Å². The zero-order chi connectivity index (χ0) is 23.7. The average molecular weight is 459 g/mol. The SMILES string of the molecule is CCC1CCCCC1C(C)c1c(F)c(F)c(-c2ccc(-c3ccccc3)cc2F)c(F)c1F. The maximum Gasteiger partial charge on any atom is 0.170 e. The fraction of sp³-hybridized carbons (Fsp3) is 0.357. The Morgan fingerprint density at radius 1 is 0.788 bits per heavy atom. The molecule has 3 unspecified atom stereocenters. The van der Waals surface area contributed by atoms with E-state index in [9.17, 15) is 4.39 Å². The molecule has 0 aromatic heterocycles. The van der Waals surface area contributed by atoms with E-state index in [4.69, 9.17) is 0 Å². The maximum absolute atomic E-state index is 15.2. The molecule has 4 rings (SSSR count). The van der Waals surface area contributed by atoms with E-state index < -0.39 is 51.7 Å². The molecule has 0 heterocycles. The molecule has 0 saturated heterocycles. The van der Waals surface area contributed by atoms with Crippen molar-refractivity contribution in [1.82, 2.24) is 0 Å². The number of halogens is 5. The van der Waals surface area contributed by atoms with E-state index in [0.29, 0.717) is 11.1 Å². The Balaban J connectivity index is 1.78. The summed E-state index contributed by atoms with van der Waals surface area (Å²) in [5.74, 6) is -7.39. The Hall–Kier alpha value is -2.69. The summed E-state index contributed by atoms with van der Waals surface area (Å²) in [5, 5.41) is 0. The Bertz CT molecular complexity index is 1110. The lowest BCUT2D eigenvalue weighted by atomic mass is 9.69. The van der Waals surface area contributed by atoms with Crippen molar-refractivity contribution in [1.29, 1.82) is 0 Å². The summed E-state index contributed by atoms with van der Waals surface area (Å²) in [6.45, 7) is 3.66. The minimum Gasteiger partial charge on any atom is -0.206 e. The molecule has 5 heteroatoms. The van der Waals surface area contributed by atoms with E-state index >= 15 is 17.6 Å². The van der Waals surface area contributed by atoms with Crippen molar-refractivity contribution in [3.63, 3.8) is 0 Å². The first-order chi connectivity index (χ1) is 15.8. The first kappa shape index (κ1) is 23.5. The lowest BCUT2D eigenvalue weighted by Gasteiger charge is -2.36. The second-order valence-electron chi connectivity index (χ2n) is 9.01. The van der Waals surface area contributed by atoms with Crippen molar-refractivity contribution < 1.29 is 22.0 Å². The van der Waals surface area contributed by atoms with Crippen LogP contribution in [0, 0.1) is 40.9 Å². The molecule has 174 valence electrons. The van der Waals surface area contributed by atoms with Crippen LogP contribution in [0.1, 0.15) is 57.4 Å². The Kier molecular flexibility index (Phi) is 6.87. The highest BCUT2D eigenvalue weighted by atomic mass is 19.2. The molecule has 1 aliphatic rings. The summed E-state index contributed by atoms with van der Waals surface area (Å²) < 4.78 is 75.6. The largest absolute Gasteiger partial charge is 0.206 e. The van der Waals surface area contributed by atoms with Crippen LogP contribution in [0.5, 0.6) is 0 Å². The topological polar surface area (TPSA) is 0 Å². The van der Waals surface area contributed by atoms with E-state index in [-0.39, 0.29) is 11.8 Å². The third-order valence-corrected chi connectivity index (χ3v) is 7.23. The molecule has 0 N–H and O–H groups in total. The molecule has 0 aliphatic heterocycles. The monoisotopic (exact) mass is 458 g/mol. The van der Waals surface area contributed by atoms with Gasteiger partial charge in [0.25, 0.3) is 0 Å². The minimum absolute atomic E-state index is 0.0562. The van der Waals surface area contributed by atoms with Crippen LogP contribution in [0.2, 0.25) is 0 Å². The number of hydrogen-bond donors (Lipinski definition) is 0. The summed E-state index contributed by atoms with van der Waals surface area (Å²) in [7, 11) is 0. The second-order valence-corrected chi connectivity index (χ2v) is 9.01. The molecule has 3 atom stereocenters. The van der Waals surface area contributed by atoms with Gasteiger partial charge in [0.1, 0.15) is 5.82 Å². The second kappa shape index (κ2) is 9.66. The van der Waals surface area contributed by atoms with Crippen molar-refractivity contribution in [3.8, 4) is 22.3 Å². The molecule has 1 aliphatic carbocycles. The van der Waals surface area contributed by atoms with Gasteiger partial charge in [0.05, 0.1) is 5.56 Å². The van der Waals surface area contributed by atoms with Gasteiger partial charge in [-0.2, -0.15) is 0 Å². The predicted molar refractivity (Wildman–Crippen MR) is 121 cm³/mol. The van der Waals surface area contributed by atoms with Gasteiger partial charge in [-0.15, -0.1) is 0 Å².